The van der Waals surface area contributed by atoms with E-state index in [4.69, 9.17) is 0 Å². The van der Waals surface area contributed by atoms with Crippen LogP contribution in [0.4, 0.5) is 8.78 Å². The molecule has 4 aromatic rings. The van der Waals surface area contributed by atoms with Crippen molar-refractivity contribution in [2.75, 3.05) is 0 Å². The molecule has 0 saturated heterocycles. The van der Waals surface area contributed by atoms with E-state index in [0.29, 0.717) is 28.6 Å². The Hall–Kier alpha value is -4.07. The van der Waals surface area contributed by atoms with Crippen molar-refractivity contribution in [1.29, 1.82) is 0 Å². The predicted molar refractivity (Wildman–Crippen MR) is 115 cm³/mol. The van der Waals surface area contributed by atoms with E-state index < -0.39 is 17.2 Å². The summed E-state index contributed by atoms with van der Waals surface area (Å²) >= 11 is 0. The summed E-state index contributed by atoms with van der Waals surface area (Å²) in [6, 6.07) is 11.5. The number of nitrogens with zero attached hydrogens (tertiary/aromatic N) is 2. The van der Waals surface area contributed by atoms with Gasteiger partial charge in [-0.05, 0) is 53.6 Å². The molecule has 32 heavy (non-hydrogen) atoms. The Balaban J connectivity index is 1.69. The zero-order valence-corrected chi connectivity index (χ0v) is 17.1. The van der Waals surface area contributed by atoms with E-state index in [9.17, 15) is 23.5 Å². The van der Waals surface area contributed by atoms with E-state index in [2.05, 4.69) is 10.3 Å². The molecule has 162 valence electrons. The van der Waals surface area contributed by atoms with Gasteiger partial charge in [-0.2, -0.15) is 0 Å². The van der Waals surface area contributed by atoms with Crippen LogP contribution in [-0.2, 0) is 20.0 Å². The fourth-order valence-corrected chi connectivity index (χ4v) is 3.53. The van der Waals surface area contributed by atoms with Crippen LogP contribution in [0.5, 0.6) is 5.75 Å². The molecular formula is C24H19F2N3O3. The summed E-state index contributed by atoms with van der Waals surface area (Å²) in [6.45, 7) is 0.306. The number of amides is 1. The molecule has 1 amide bonds. The molecule has 8 heteroatoms. The van der Waals surface area contributed by atoms with Crippen molar-refractivity contribution < 1.29 is 18.7 Å². The van der Waals surface area contributed by atoms with Crippen molar-refractivity contribution in [3.63, 3.8) is 0 Å². The lowest BCUT2D eigenvalue weighted by Gasteiger charge is -2.13. The molecule has 2 aromatic heterocycles. The molecule has 0 bridgehead atoms. The number of carbonyl (C=O) groups excluding carboxylic acids is 1. The molecular weight excluding hydrogens is 416 g/mol. The monoisotopic (exact) mass is 435 g/mol. The molecule has 4 rings (SSSR count). The van der Waals surface area contributed by atoms with Crippen molar-refractivity contribution in [2.24, 2.45) is 7.05 Å². The SMILES string of the molecule is Cn1c(=O)c(Cc2ccc(F)c(F)c2)c(O)c2cc(C(=O)NCc3ccncc3)ccc21. The van der Waals surface area contributed by atoms with E-state index >= 15 is 0 Å². The van der Waals surface area contributed by atoms with Gasteiger partial charge in [0.1, 0.15) is 5.75 Å². The average Bonchev–Trinajstić information content (AvgIpc) is 2.81. The first-order valence-corrected chi connectivity index (χ1v) is 9.80. The largest absolute Gasteiger partial charge is 0.507 e. The van der Waals surface area contributed by atoms with Crippen molar-refractivity contribution in [1.82, 2.24) is 14.9 Å². The van der Waals surface area contributed by atoms with Gasteiger partial charge in [0.2, 0.25) is 0 Å². The van der Waals surface area contributed by atoms with Gasteiger partial charge in [0.05, 0.1) is 11.1 Å². The lowest BCUT2D eigenvalue weighted by atomic mass is 10.0. The minimum absolute atomic E-state index is 0.0281. The third-order valence-electron chi connectivity index (χ3n) is 5.29. The summed E-state index contributed by atoms with van der Waals surface area (Å²) in [5.41, 5.74) is 1.52. The van der Waals surface area contributed by atoms with Gasteiger partial charge in [0.25, 0.3) is 11.5 Å². The molecule has 0 aliphatic rings. The van der Waals surface area contributed by atoms with E-state index in [1.165, 1.54) is 16.7 Å². The molecule has 0 spiro atoms. The lowest BCUT2D eigenvalue weighted by molar-refractivity contribution is 0.0951. The van der Waals surface area contributed by atoms with Crippen LogP contribution in [0.2, 0.25) is 0 Å². The Morgan fingerprint density at radius 1 is 1.03 bits per heavy atom. The zero-order valence-electron chi connectivity index (χ0n) is 17.1. The van der Waals surface area contributed by atoms with Gasteiger partial charge < -0.3 is 15.0 Å². The van der Waals surface area contributed by atoms with Crippen LogP contribution in [0.25, 0.3) is 10.9 Å². The van der Waals surface area contributed by atoms with Crippen LogP contribution in [0.3, 0.4) is 0 Å². The highest BCUT2D eigenvalue weighted by Gasteiger charge is 2.18. The van der Waals surface area contributed by atoms with E-state index in [-0.39, 0.29) is 23.6 Å². The number of benzene rings is 2. The Bertz CT molecular complexity index is 1390. The summed E-state index contributed by atoms with van der Waals surface area (Å²) in [5.74, 6) is -2.67. The van der Waals surface area contributed by atoms with E-state index in [0.717, 1.165) is 17.7 Å². The highest BCUT2D eigenvalue weighted by molar-refractivity contribution is 5.99. The van der Waals surface area contributed by atoms with Gasteiger partial charge in [-0.25, -0.2) is 8.78 Å². The maximum atomic E-state index is 13.6. The van der Waals surface area contributed by atoms with Crippen molar-refractivity contribution in [3.8, 4) is 5.75 Å². The Morgan fingerprint density at radius 2 is 1.78 bits per heavy atom. The number of fused-ring (bicyclic) bond motifs is 1. The van der Waals surface area contributed by atoms with Crippen LogP contribution in [-0.4, -0.2) is 20.6 Å². The molecule has 0 saturated carbocycles. The molecule has 2 aromatic carbocycles. The average molecular weight is 435 g/mol. The van der Waals surface area contributed by atoms with Crippen LogP contribution in [0, 0.1) is 11.6 Å². The van der Waals surface area contributed by atoms with Gasteiger partial charge in [-0.1, -0.05) is 6.07 Å². The topological polar surface area (TPSA) is 84.2 Å². The van der Waals surface area contributed by atoms with Gasteiger partial charge >= 0.3 is 0 Å². The van der Waals surface area contributed by atoms with Crippen molar-refractivity contribution in [2.45, 2.75) is 13.0 Å². The van der Waals surface area contributed by atoms with Crippen molar-refractivity contribution >= 4 is 16.8 Å². The van der Waals surface area contributed by atoms with Gasteiger partial charge in [0.15, 0.2) is 11.6 Å². The molecule has 0 atom stereocenters. The second kappa shape index (κ2) is 8.58. The summed E-state index contributed by atoms with van der Waals surface area (Å²) in [4.78, 5) is 29.3. The number of aromatic nitrogens is 2. The first kappa shape index (κ1) is 21.2. The number of carbonyl (C=O) groups is 1. The number of halogens is 2. The number of aromatic hydroxyl groups is 1. The highest BCUT2D eigenvalue weighted by Crippen LogP contribution is 2.29. The molecule has 0 fully saturated rings. The number of rotatable bonds is 5. The minimum atomic E-state index is -1.03. The normalized spacial score (nSPS) is 11.0. The molecule has 0 aliphatic carbocycles. The van der Waals surface area contributed by atoms with Crippen LogP contribution >= 0.6 is 0 Å². The minimum Gasteiger partial charge on any atom is -0.507 e. The maximum absolute atomic E-state index is 13.6. The van der Waals surface area contributed by atoms with Crippen LogP contribution in [0.1, 0.15) is 27.0 Å². The zero-order chi connectivity index (χ0) is 22.8. The van der Waals surface area contributed by atoms with Gasteiger partial charge in [0, 0.05) is 43.4 Å². The maximum Gasteiger partial charge on any atom is 0.258 e. The number of nitrogens with one attached hydrogen (secondary N) is 1. The molecule has 6 nitrogen and oxygen atoms in total. The fourth-order valence-electron chi connectivity index (χ4n) is 3.53. The molecule has 2 heterocycles. The summed E-state index contributed by atoms with van der Waals surface area (Å²) < 4.78 is 28.2. The molecule has 2 N–H and O–H groups in total. The number of hydrogen-bond acceptors (Lipinski definition) is 4. The van der Waals surface area contributed by atoms with E-state index in [1.54, 1.807) is 43.7 Å². The van der Waals surface area contributed by atoms with Gasteiger partial charge in [-0.3, -0.25) is 14.6 Å². The van der Waals surface area contributed by atoms with Crippen LogP contribution in [0.15, 0.2) is 65.7 Å². The Morgan fingerprint density at radius 3 is 2.50 bits per heavy atom. The third-order valence-corrected chi connectivity index (χ3v) is 5.29. The lowest BCUT2D eigenvalue weighted by Crippen LogP contribution is -2.24. The molecule has 0 unspecified atom stereocenters. The predicted octanol–water partition coefficient (Wildman–Crippen LogP) is 3.44. The van der Waals surface area contributed by atoms with Crippen molar-refractivity contribution in [3.05, 3.63) is 105 Å². The summed E-state index contributed by atoms with van der Waals surface area (Å²) in [6.07, 6.45) is 3.17. The highest BCUT2D eigenvalue weighted by atomic mass is 19.2. The number of hydrogen-bond donors (Lipinski definition) is 2. The standard InChI is InChI=1S/C24H19F2N3O3/c1-29-21-5-3-16(23(31)28-13-14-6-8-27-9-7-14)12-17(21)22(30)18(24(29)32)10-15-2-4-19(25)20(26)11-15/h2-9,11-12,30H,10,13H2,1H3,(H,28,31). The number of aryl methyl sites for hydroxylation is 1. The van der Waals surface area contributed by atoms with Crippen LogP contribution < -0.4 is 10.9 Å². The second-order valence-corrected chi connectivity index (χ2v) is 7.39. The quantitative estimate of drug-likeness (QED) is 0.503. The smallest absolute Gasteiger partial charge is 0.258 e. The molecule has 0 radical (unpaired) electrons. The van der Waals surface area contributed by atoms with Gasteiger partial charge in [-0.15, -0.1) is 0 Å². The Labute approximate surface area is 181 Å². The summed E-state index contributed by atoms with van der Waals surface area (Å²) in [7, 11) is 1.54. The first-order chi connectivity index (χ1) is 15.3. The number of pyridine rings is 2. The van der Waals surface area contributed by atoms with E-state index in [1.807, 2.05) is 0 Å². The summed E-state index contributed by atoms with van der Waals surface area (Å²) in [5, 5.41) is 13.9. The molecule has 0 aliphatic heterocycles. The first-order valence-electron chi connectivity index (χ1n) is 9.80. The fraction of sp³-hybridized carbons (Fsp3) is 0.125. The third kappa shape index (κ3) is 4.07. The Kier molecular flexibility index (Phi) is 5.68. The second-order valence-electron chi connectivity index (χ2n) is 7.39.